The van der Waals surface area contributed by atoms with E-state index in [1.54, 1.807) is 18.6 Å². The molecule has 0 bridgehead atoms. The molecule has 2 rings (SSSR count). The van der Waals surface area contributed by atoms with Crippen LogP contribution in [0.25, 0.3) is 0 Å². The number of halogens is 2. The Kier molecular flexibility index (Phi) is 3.56. The second-order valence-corrected chi connectivity index (χ2v) is 4.83. The van der Waals surface area contributed by atoms with Crippen molar-refractivity contribution in [3.05, 3.63) is 40.5 Å². The third kappa shape index (κ3) is 2.90. The summed E-state index contributed by atoms with van der Waals surface area (Å²) in [5, 5.41) is 1.04. The number of rotatable bonds is 2. The summed E-state index contributed by atoms with van der Waals surface area (Å²) in [6, 6.07) is 3.82. The van der Waals surface area contributed by atoms with Crippen molar-refractivity contribution in [2.45, 2.75) is 9.92 Å². The zero-order chi connectivity index (χ0) is 10.7. The zero-order valence-corrected chi connectivity index (χ0v) is 10.6. The molecule has 0 radical (unpaired) electrons. The second-order valence-electron chi connectivity index (χ2n) is 2.58. The van der Waals surface area contributed by atoms with Crippen LogP contribution < -0.4 is 0 Å². The molecular weight excluding hydrogens is 298 g/mol. The van der Waals surface area contributed by atoms with Crippen LogP contribution in [-0.4, -0.2) is 15.0 Å². The van der Waals surface area contributed by atoms with Gasteiger partial charge in [0.05, 0.1) is 4.47 Å². The molecule has 0 N–H and O–H groups in total. The van der Waals surface area contributed by atoms with Gasteiger partial charge in [-0.2, -0.15) is 0 Å². The molecule has 0 saturated carbocycles. The number of nitrogens with zero attached hydrogens (tertiary/aromatic N) is 3. The lowest BCUT2D eigenvalue weighted by atomic mass is 10.5. The number of hydrogen-bond acceptors (Lipinski definition) is 4. The van der Waals surface area contributed by atoms with Crippen LogP contribution in [0.5, 0.6) is 0 Å². The first-order chi connectivity index (χ1) is 7.25. The molecule has 2 aromatic heterocycles. The van der Waals surface area contributed by atoms with E-state index in [0.717, 1.165) is 14.4 Å². The van der Waals surface area contributed by atoms with Crippen molar-refractivity contribution in [1.29, 1.82) is 0 Å². The summed E-state index contributed by atoms with van der Waals surface area (Å²) >= 11 is 10.6. The summed E-state index contributed by atoms with van der Waals surface area (Å²) < 4.78 is 0.828. The molecule has 0 aliphatic rings. The minimum atomic E-state index is 0.245. The fraction of sp³-hybridized carbons (Fsp3) is 0. The Morgan fingerprint density at radius 1 is 1.27 bits per heavy atom. The van der Waals surface area contributed by atoms with Crippen LogP contribution in [0.1, 0.15) is 0 Å². The van der Waals surface area contributed by atoms with E-state index >= 15 is 0 Å². The molecule has 0 amide bonds. The molecule has 15 heavy (non-hydrogen) atoms. The van der Waals surface area contributed by atoms with Crippen molar-refractivity contribution in [2.24, 2.45) is 0 Å². The standard InChI is InChI=1S/C9H5BrClN3S/c10-7-5-13-9(11)14-8(7)15-6-1-3-12-4-2-6/h1-5H. The van der Waals surface area contributed by atoms with Crippen molar-refractivity contribution in [3.8, 4) is 0 Å². The van der Waals surface area contributed by atoms with E-state index in [1.807, 2.05) is 12.1 Å². The first kappa shape index (κ1) is 10.9. The first-order valence-corrected chi connectivity index (χ1v) is 6.00. The van der Waals surface area contributed by atoms with Crippen LogP contribution in [0.2, 0.25) is 5.28 Å². The number of hydrogen-bond donors (Lipinski definition) is 0. The maximum absolute atomic E-state index is 5.71. The minimum Gasteiger partial charge on any atom is -0.265 e. The maximum atomic E-state index is 5.71. The highest BCUT2D eigenvalue weighted by Gasteiger charge is 2.05. The number of pyridine rings is 1. The number of aromatic nitrogens is 3. The molecule has 0 aliphatic heterocycles. The van der Waals surface area contributed by atoms with Gasteiger partial charge in [0.2, 0.25) is 5.28 Å². The third-order valence-electron chi connectivity index (χ3n) is 1.55. The molecule has 0 saturated heterocycles. The molecule has 0 aliphatic carbocycles. The predicted octanol–water partition coefficient (Wildman–Crippen LogP) is 3.44. The van der Waals surface area contributed by atoms with Crippen molar-refractivity contribution < 1.29 is 0 Å². The smallest absolute Gasteiger partial charge is 0.223 e. The van der Waals surface area contributed by atoms with E-state index in [-0.39, 0.29) is 5.28 Å². The van der Waals surface area contributed by atoms with E-state index in [2.05, 4.69) is 30.9 Å². The van der Waals surface area contributed by atoms with Gasteiger partial charge in [0.25, 0.3) is 0 Å². The topological polar surface area (TPSA) is 38.7 Å². The highest BCUT2D eigenvalue weighted by molar-refractivity contribution is 9.10. The molecule has 0 spiro atoms. The molecule has 6 heteroatoms. The fourth-order valence-electron chi connectivity index (χ4n) is 0.921. The van der Waals surface area contributed by atoms with Crippen molar-refractivity contribution >= 4 is 39.3 Å². The Balaban J connectivity index is 2.28. The van der Waals surface area contributed by atoms with Gasteiger partial charge >= 0.3 is 0 Å². The Morgan fingerprint density at radius 2 is 2.00 bits per heavy atom. The Bertz CT molecular complexity index is 466. The van der Waals surface area contributed by atoms with Crippen LogP contribution in [0.3, 0.4) is 0 Å². The Hall–Kier alpha value is -0.650. The SMILES string of the molecule is Clc1ncc(Br)c(Sc2ccncc2)n1. The van der Waals surface area contributed by atoms with Gasteiger partial charge in [-0.3, -0.25) is 4.98 Å². The zero-order valence-electron chi connectivity index (χ0n) is 7.39. The van der Waals surface area contributed by atoms with Gasteiger partial charge in [-0.1, -0.05) is 11.8 Å². The van der Waals surface area contributed by atoms with Crippen LogP contribution in [-0.2, 0) is 0 Å². The van der Waals surface area contributed by atoms with Crippen LogP contribution in [0.4, 0.5) is 0 Å². The monoisotopic (exact) mass is 301 g/mol. The van der Waals surface area contributed by atoms with Crippen LogP contribution >= 0.6 is 39.3 Å². The van der Waals surface area contributed by atoms with Crippen LogP contribution in [0, 0.1) is 0 Å². The van der Waals surface area contributed by atoms with Gasteiger partial charge in [-0.25, -0.2) is 9.97 Å². The molecule has 0 aromatic carbocycles. The summed E-state index contributed by atoms with van der Waals surface area (Å²) in [6.45, 7) is 0. The van der Waals surface area contributed by atoms with E-state index in [9.17, 15) is 0 Å². The van der Waals surface area contributed by atoms with Crippen molar-refractivity contribution in [2.75, 3.05) is 0 Å². The summed E-state index contributed by atoms with van der Waals surface area (Å²) in [7, 11) is 0. The second kappa shape index (κ2) is 4.92. The van der Waals surface area contributed by atoms with Crippen LogP contribution in [0.15, 0.2) is 45.1 Å². The third-order valence-corrected chi connectivity index (χ3v) is 3.58. The summed E-state index contributed by atoms with van der Waals surface area (Å²) in [5.74, 6) is 0. The molecule has 0 fully saturated rings. The summed E-state index contributed by atoms with van der Waals surface area (Å²) in [4.78, 5) is 13.0. The molecule has 76 valence electrons. The quantitative estimate of drug-likeness (QED) is 0.629. The molecule has 3 nitrogen and oxygen atoms in total. The van der Waals surface area contributed by atoms with E-state index < -0.39 is 0 Å². The summed E-state index contributed by atoms with van der Waals surface area (Å²) in [5.41, 5.74) is 0. The van der Waals surface area contributed by atoms with Gasteiger partial charge in [0, 0.05) is 23.5 Å². The lowest BCUT2D eigenvalue weighted by molar-refractivity contribution is 1.03. The van der Waals surface area contributed by atoms with Gasteiger partial charge in [0.15, 0.2) is 0 Å². The molecular formula is C9H5BrClN3S. The highest BCUT2D eigenvalue weighted by atomic mass is 79.9. The Labute approximate surface area is 104 Å². The minimum absolute atomic E-state index is 0.245. The lowest BCUT2D eigenvalue weighted by Crippen LogP contribution is -1.86. The maximum Gasteiger partial charge on any atom is 0.223 e. The van der Waals surface area contributed by atoms with E-state index in [4.69, 9.17) is 11.6 Å². The lowest BCUT2D eigenvalue weighted by Gasteiger charge is -2.02. The average molecular weight is 303 g/mol. The molecule has 0 atom stereocenters. The first-order valence-electron chi connectivity index (χ1n) is 4.01. The van der Waals surface area contributed by atoms with Gasteiger partial charge in [0.1, 0.15) is 5.03 Å². The molecule has 0 unspecified atom stereocenters. The van der Waals surface area contributed by atoms with Crippen molar-refractivity contribution in [1.82, 2.24) is 15.0 Å². The van der Waals surface area contributed by atoms with Gasteiger partial charge in [-0.15, -0.1) is 0 Å². The molecule has 2 aromatic rings. The normalized spacial score (nSPS) is 10.3. The Morgan fingerprint density at radius 3 is 2.73 bits per heavy atom. The van der Waals surface area contributed by atoms with Gasteiger partial charge in [-0.05, 0) is 39.7 Å². The van der Waals surface area contributed by atoms with Crippen molar-refractivity contribution in [3.63, 3.8) is 0 Å². The van der Waals surface area contributed by atoms with Gasteiger partial charge < -0.3 is 0 Å². The highest BCUT2D eigenvalue weighted by Crippen LogP contribution is 2.31. The molecule has 2 heterocycles. The van der Waals surface area contributed by atoms with E-state index in [0.29, 0.717) is 0 Å². The predicted molar refractivity (Wildman–Crippen MR) is 63.1 cm³/mol. The average Bonchev–Trinajstić information content (AvgIpc) is 2.25. The largest absolute Gasteiger partial charge is 0.265 e. The summed E-state index contributed by atoms with van der Waals surface area (Å²) in [6.07, 6.45) is 5.11. The van der Waals surface area contributed by atoms with E-state index in [1.165, 1.54) is 11.8 Å². The fourth-order valence-corrected chi connectivity index (χ4v) is 2.30.